The molecule has 0 unspecified atom stereocenters. The van der Waals surface area contributed by atoms with Gasteiger partial charge in [-0.15, -0.1) is 5.10 Å². The Morgan fingerprint density at radius 2 is 2.22 bits per heavy atom. The van der Waals surface area contributed by atoms with Gasteiger partial charge < -0.3 is 9.67 Å². The molecule has 0 aliphatic heterocycles. The van der Waals surface area contributed by atoms with Gasteiger partial charge >= 0.3 is 5.97 Å². The molecule has 2 aromatic rings. The van der Waals surface area contributed by atoms with Crippen molar-refractivity contribution in [3.63, 3.8) is 0 Å². The standard InChI is InChI=1S/C11H15N5O2/c1-3-9-10(11(17)18)13-14-16(9)6-8-5-12-7-15(8)4-2/h5,7H,3-4,6H2,1-2H3,(H,17,18). The highest BCUT2D eigenvalue weighted by Crippen LogP contribution is 2.10. The first kappa shape index (κ1) is 12.3. The number of carbonyl (C=O) groups is 1. The van der Waals surface area contributed by atoms with Crippen LogP contribution in [0.3, 0.4) is 0 Å². The lowest BCUT2D eigenvalue weighted by Crippen LogP contribution is -2.11. The van der Waals surface area contributed by atoms with E-state index in [0.717, 1.165) is 12.2 Å². The van der Waals surface area contributed by atoms with Crippen LogP contribution in [0, 0.1) is 0 Å². The molecular formula is C11H15N5O2. The zero-order valence-corrected chi connectivity index (χ0v) is 10.4. The summed E-state index contributed by atoms with van der Waals surface area (Å²) in [5.74, 6) is -1.04. The molecule has 2 aromatic heterocycles. The normalized spacial score (nSPS) is 10.8. The van der Waals surface area contributed by atoms with Crippen molar-refractivity contribution in [3.8, 4) is 0 Å². The van der Waals surface area contributed by atoms with Gasteiger partial charge in [0.1, 0.15) is 0 Å². The predicted octanol–water partition coefficient (Wildman–Crippen LogP) is 0.803. The van der Waals surface area contributed by atoms with E-state index in [1.54, 1.807) is 17.2 Å². The number of carboxylic acids is 1. The molecule has 0 amide bonds. The average molecular weight is 249 g/mol. The Labute approximate surface area is 104 Å². The topological polar surface area (TPSA) is 85.8 Å². The summed E-state index contributed by atoms with van der Waals surface area (Å²) < 4.78 is 3.61. The maximum Gasteiger partial charge on any atom is 0.358 e. The molecule has 18 heavy (non-hydrogen) atoms. The third-order valence-electron chi connectivity index (χ3n) is 2.83. The first-order valence-electron chi connectivity index (χ1n) is 5.82. The molecule has 0 aliphatic carbocycles. The molecule has 0 radical (unpaired) electrons. The van der Waals surface area contributed by atoms with E-state index in [0.29, 0.717) is 18.7 Å². The van der Waals surface area contributed by atoms with Crippen molar-refractivity contribution in [1.82, 2.24) is 24.5 Å². The monoisotopic (exact) mass is 249 g/mol. The van der Waals surface area contributed by atoms with Gasteiger partial charge in [-0.2, -0.15) is 0 Å². The largest absolute Gasteiger partial charge is 0.476 e. The molecule has 0 fully saturated rings. The van der Waals surface area contributed by atoms with Crippen LogP contribution >= 0.6 is 0 Å². The lowest BCUT2D eigenvalue weighted by molar-refractivity contribution is 0.0689. The van der Waals surface area contributed by atoms with E-state index >= 15 is 0 Å². The second-order valence-corrected chi connectivity index (χ2v) is 3.87. The first-order chi connectivity index (χ1) is 8.67. The zero-order chi connectivity index (χ0) is 13.1. The fourth-order valence-electron chi connectivity index (χ4n) is 1.89. The molecule has 0 aromatic carbocycles. The minimum absolute atomic E-state index is 0.0278. The number of aryl methyl sites for hydroxylation is 1. The molecule has 96 valence electrons. The van der Waals surface area contributed by atoms with E-state index in [4.69, 9.17) is 5.11 Å². The molecule has 0 saturated heterocycles. The van der Waals surface area contributed by atoms with Crippen molar-refractivity contribution in [3.05, 3.63) is 29.6 Å². The van der Waals surface area contributed by atoms with Gasteiger partial charge in [-0.05, 0) is 13.3 Å². The highest BCUT2D eigenvalue weighted by molar-refractivity contribution is 5.86. The molecule has 0 saturated carbocycles. The van der Waals surface area contributed by atoms with Crippen molar-refractivity contribution in [2.24, 2.45) is 0 Å². The highest BCUT2D eigenvalue weighted by Gasteiger charge is 2.18. The summed E-state index contributed by atoms with van der Waals surface area (Å²) in [6.07, 6.45) is 4.08. The van der Waals surface area contributed by atoms with E-state index < -0.39 is 5.97 Å². The van der Waals surface area contributed by atoms with Gasteiger partial charge in [-0.25, -0.2) is 14.5 Å². The van der Waals surface area contributed by atoms with Gasteiger partial charge in [0.25, 0.3) is 0 Å². The van der Waals surface area contributed by atoms with E-state index in [1.807, 2.05) is 18.4 Å². The van der Waals surface area contributed by atoms with Crippen LogP contribution in [0.2, 0.25) is 0 Å². The Balaban J connectivity index is 2.32. The van der Waals surface area contributed by atoms with Crippen molar-refractivity contribution in [2.75, 3.05) is 0 Å². The summed E-state index contributed by atoms with van der Waals surface area (Å²) in [7, 11) is 0. The second-order valence-electron chi connectivity index (χ2n) is 3.87. The Hall–Kier alpha value is -2.18. The third kappa shape index (κ3) is 2.11. The molecule has 0 bridgehead atoms. The van der Waals surface area contributed by atoms with E-state index in [2.05, 4.69) is 15.3 Å². The van der Waals surface area contributed by atoms with Crippen molar-refractivity contribution < 1.29 is 9.90 Å². The van der Waals surface area contributed by atoms with Crippen molar-refractivity contribution in [2.45, 2.75) is 33.4 Å². The Morgan fingerprint density at radius 3 is 2.83 bits per heavy atom. The molecule has 2 rings (SSSR count). The van der Waals surface area contributed by atoms with Gasteiger partial charge in [0.15, 0.2) is 5.69 Å². The van der Waals surface area contributed by atoms with Crippen LogP contribution in [-0.4, -0.2) is 35.6 Å². The SMILES string of the molecule is CCc1c(C(=O)O)nnn1Cc1cncn1CC. The number of nitrogens with zero attached hydrogens (tertiary/aromatic N) is 5. The molecule has 7 nitrogen and oxygen atoms in total. The Kier molecular flexibility index (Phi) is 3.40. The molecule has 0 aliphatic rings. The number of aromatic nitrogens is 5. The van der Waals surface area contributed by atoms with Gasteiger partial charge in [0.05, 0.1) is 30.5 Å². The van der Waals surface area contributed by atoms with Gasteiger partial charge in [-0.1, -0.05) is 12.1 Å². The Morgan fingerprint density at radius 1 is 1.44 bits per heavy atom. The number of hydrogen-bond acceptors (Lipinski definition) is 4. The Bertz CT molecular complexity index is 558. The smallest absolute Gasteiger partial charge is 0.358 e. The maximum atomic E-state index is 11.0. The first-order valence-corrected chi connectivity index (χ1v) is 5.82. The van der Waals surface area contributed by atoms with Crippen LogP contribution in [-0.2, 0) is 19.5 Å². The molecule has 2 heterocycles. The highest BCUT2D eigenvalue weighted by atomic mass is 16.4. The average Bonchev–Trinajstić information content (AvgIpc) is 2.95. The van der Waals surface area contributed by atoms with E-state index in [9.17, 15) is 4.79 Å². The summed E-state index contributed by atoms with van der Waals surface area (Å²) in [6.45, 7) is 5.21. The molecule has 1 N–H and O–H groups in total. The second kappa shape index (κ2) is 4.99. The van der Waals surface area contributed by atoms with Crippen LogP contribution in [0.25, 0.3) is 0 Å². The number of carboxylic acid groups (broad SMARTS) is 1. The predicted molar refractivity (Wildman–Crippen MR) is 63.4 cm³/mol. The van der Waals surface area contributed by atoms with Crippen LogP contribution in [0.15, 0.2) is 12.5 Å². The van der Waals surface area contributed by atoms with E-state index in [-0.39, 0.29) is 5.69 Å². The summed E-state index contributed by atoms with van der Waals surface area (Å²) >= 11 is 0. The lowest BCUT2D eigenvalue weighted by atomic mass is 10.2. The fourth-order valence-corrected chi connectivity index (χ4v) is 1.89. The van der Waals surface area contributed by atoms with Crippen LogP contribution < -0.4 is 0 Å². The van der Waals surface area contributed by atoms with Gasteiger partial charge in [-0.3, -0.25) is 0 Å². The zero-order valence-electron chi connectivity index (χ0n) is 10.4. The minimum Gasteiger partial charge on any atom is -0.476 e. The van der Waals surface area contributed by atoms with Crippen LogP contribution in [0.5, 0.6) is 0 Å². The molecular weight excluding hydrogens is 234 g/mol. The minimum atomic E-state index is -1.04. The maximum absolute atomic E-state index is 11.0. The number of imidazole rings is 1. The van der Waals surface area contributed by atoms with Gasteiger partial charge in [0, 0.05) is 6.54 Å². The third-order valence-corrected chi connectivity index (χ3v) is 2.83. The van der Waals surface area contributed by atoms with Crippen LogP contribution in [0.4, 0.5) is 0 Å². The van der Waals surface area contributed by atoms with Crippen molar-refractivity contribution in [1.29, 1.82) is 0 Å². The number of rotatable bonds is 5. The number of aromatic carboxylic acids is 1. The summed E-state index contributed by atoms with van der Waals surface area (Å²) in [5, 5.41) is 16.6. The summed E-state index contributed by atoms with van der Waals surface area (Å²) in [4.78, 5) is 15.1. The molecule has 7 heteroatoms. The van der Waals surface area contributed by atoms with Gasteiger partial charge in [0.2, 0.25) is 0 Å². The quantitative estimate of drug-likeness (QED) is 0.847. The van der Waals surface area contributed by atoms with E-state index in [1.165, 1.54) is 0 Å². The molecule has 0 spiro atoms. The summed E-state index contributed by atoms with van der Waals surface area (Å²) in [6, 6.07) is 0. The number of hydrogen-bond donors (Lipinski definition) is 1. The van der Waals surface area contributed by atoms with Crippen LogP contribution in [0.1, 0.15) is 35.7 Å². The fraction of sp³-hybridized carbons (Fsp3) is 0.455. The summed E-state index contributed by atoms with van der Waals surface area (Å²) in [5.41, 5.74) is 1.64. The van der Waals surface area contributed by atoms with Crippen molar-refractivity contribution >= 4 is 5.97 Å². The lowest BCUT2D eigenvalue weighted by Gasteiger charge is -2.07. The molecule has 0 atom stereocenters.